The second kappa shape index (κ2) is 7.83. The van der Waals surface area contributed by atoms with Gasteiger partial charge in [0.05, 0.1) is 13.3 Å². The van der Waals surface area contributed by atoms with E-state index in [4.69, 9.17) is 4.74 Å². The van der Waals surface area contributed by atoms with Gasteiger partial charge in [0.15, 0.2) is 0 Å². The second-order valence-corrected chi connectivity index (χ2v) is 7.84. The molecule has 1 aromatic heterocycles. The molecule has 0 bridgehead atoms. The average molecular weight is 384 g/mol. The molecule has 1 amide bonds. The molecule has 0 N–H and O–H groups in total. The van der Waals surface area contributed by atoms with E-state index in [1.54, 1.807) is 31.6 Å². The van der Waals surface area contributed by atoms with Crippen LogP contribution < -0.4 is 4.74 Å². The highest BCUT2D eigenvalue weighted by molar-refractivity contribution is 5.92. The highest BCUT2D eigenvalue weighted by Crippen LogP contribution is 2.40. The topological polar surface area (TPSA) is 58.6 Å². The summed E-state index contributed by atoms with van der Waals surface area (Å²) in [6, 6.07) is 4.88. The first-order valence-electron chi connectivity index (χ1n) is 9.69. The van der Waals surface area contributed by atoms with Gasteiger partial charge in [-0.05, 0) is 44.0 Å². The van der Waals surface area contributed by atoms with Crippen LogP contribution in [0.3, 0.4) is 0 Å². The van der Waals surface area contributed by atoms with Gasteiger partial charge >= 0.3 is 0 Å². The Morgan fingerprint density at radius 3 is 2.93 bits per heavy atom. The lowest BCUT2D eigenvalue weighted by Crippen LogP contribution is -2.45. The van der Waals surface area contributed by atoms with Crippen LogP contribution in [0.1, 0.15) is 35.3 Å². The van der Waals surface area contributed by atoms with Crippen molar-refractivity contribution in [3.63, 3.8) is 0 Å². The van der Waals surface area contributed by atoms with Gasteiger partial charge < -0.3 is 9.64 Å². The predicted molar refractivity (Wildman–Crippen MR) is 102 cm³/mol. The summed E-state index contributed by atoms with van der Waals surface area (Å²) < 4.78 is 19.5. The average Bonchev–Trinajstić information content (AvgIpc) is 3.13. The van der Waals surface area contributed by atoms with Crippen molar-refractivity contribution in [2.75, 3.05) is 33.3 Å². The summed E-state index contributed by atoms with van der Waals surface area (Å²) in [5.41, 5.74) is 1.12. The molecular formula is C21H25FN4O2. The first kappa shape index (κ1) is 18.8. The molecule has 7 heteroatoms. The molecule has 6 nitrogen and oxygen atoms in total. The smallest absolute Gasteiger partial charge is 0.274 e. The quantitative estimate of drug-likeness (QED) is 0.811. The summed E-state index contributed by atoms with van der Waals surface area (Å²) in [4.78, 5) is 25.0. The van der Waals surface area contributed by atoms with E-state index in [0.29, 0.717) is 23.6 Å². The number of amides is 1. The van der Waals surface area contributed by atoms with Crippen molar-refractivity contribution in [2.45, 2.75) is 25.8 Å². The van der Waals surface area contributed by atoms with Gasteiger partial charge in [-0.25, -0.2) is 9.37 Å². The van der Waals surface area contributed by atoms with E-state index < -0.39 is 0 Å². The van der Waals surface area contributed by atoms with Gasteiger partial charge in [-0.1, -0.05) is 0 Å². The van der Waals surface area contributed by atoms with E-state index in [-0.39, 0.29) is 17.1 Å². The Morgan fingerprint density at radius 2 is 2.14 bits per heavy atom. The number of halogens is 1. The number of methoxy groups -OCH3 is 1. The minimum atomic E-state index is -0.202. The molecule has 1 aromatic carbocycles. The van der Waals surface area contributed by atoms with Gasteiger partial charge in [-0.2, -0.15) is 0 Å². The maximum Gasteiger partial charge on any atom is 0.274 e. The standard InChI is InChI=1S/C21H25FN4O2/c1-28-17-3-4-18(22)16(11-17)13-25-9-2-5-21(14-25)6-10-26(15-21)20(27)19-12-23-7-8-24-19/h3-4,7-8,11-12H,2,5-6,9-10,13-15H2,1H3/t21-/m0/s1. The number of rotatable bonds is 4. The van der Waals surface area contributed by atoms with Crippen LogP contribution in [0.4, 0.5) is 4.39 Å². The summed E-state index contributed by atoms with van der Waals surface area (Å²) >= 11 is 0. The molecular weight excluding hydrogens is 359 g/mol. The molecule has 4 rings (SSSR count). The first-order valence-corrected chi connectivity index (χ1v) is 9.69. The third-order valence-corrected chi connectivity index (χ3v) is 5.90. The molecule has 1 spiro atoms. The number of hydrogen-bond donors (Lipinski definition) is 0. The third-order valence-electron chi connectivity index (χ3n) is 5.90. The summed E-state index contributed by atoms with van der Waals surface area (Å²) in [6.07, 6.45) is 7.75. The van der Waals surface area contributed by atoms with Crippen LogP contribution in [-0.2, 0) is 6.54 Å². The van der Waals surface area contributed by atoms with Gasteiger partial charge in [-0.15, -0.1) is 0 Å². The van der Waals surface area contributed by atoms with Crippen LogP contribution in [-0.4, -0.2) is 59.0 Å². The lowest BCUT2D eigenvalue weighted by molar-refractivity contribution is 0.0668. The number of likely N-dealkylation sites (tertiary alicyclic amines) is 2. The zero-order chi connectivity index (χ0) is 19.6. The zero-order valence-corrected chi connectivity index (χ0v) is 16.1. The van der Waals surface area contributed by atoms with Crippen LogP contribution in [0.2, 0.25) is 0 Å². The van der Waals surface area contributed by atoms with E-state index in [9.17, 15) is 9.18 Å². The maximum atomic E-state index is 14.2. The highest BCUT2D eigenvalue weighted by Gasteiger charge is 2.43. The number of aromatic nitrogens is 2. The Morgan fingerprint density at radius 1 is 1.25 bits per heavy atom. The van der Waals surface area contributed by atoms with Crippen molar-refractivity contribution in [1.29, 1.82) is 0 Å². The molecule has 148 valence electrons. The Labute approximate surface area is 164 Å². The number of hydrogen-bond acceptors (Lipinski definition) is 5. The van der Waals surface area contributed by atoms with E-state index in [2.05, 4.69) is 14.9 Å². The van der Waals surface area contributed by atoms with Gasteiger partial charge in [0.1, 0.15) is 17.3 Å². The van der Waals surface area contributed by atoms with Gasteiger partial charge in [0.25, 0.3) is 5.91 Å². The van der Waals surface area contributed by atoms with Crippen molar-refractivity contribution in [1.82, 2.24) is 19.8 Å². The Bertz CT molecular complexity index is 848. The number of benzene rings is 1. The van der Waals surface area contributed by atoms with E-state index in [1.165, 1.54) is 12.3 Å². The highest BCUT2D eigenvalue weighted by atomic mass is 19.1. The van der Waals surface area contributed by atoms with Crippen molar-refractivity contribution in [2.24, 2.45) is 5.41 Å². The zero-order valence-electron chi connectivity index (χ0n) is 16.1. The molecule has 2 saturated heterocycles. The molecule has 2 fully saturated rings. The molecule has 0 aliphatic carbocycles. The van der Waals surface area contributed by atoms with Crippen molar-refractivity contribution in [3.05, 3.63) is 53.9 Å². The predicted octanol–water partition coefficient (Wildman–Crippen LogP) is 2.75. The maximum absolute atomic E-state index is 14.2. The Kier molecular flexibility index (Phi) is 5.26. The fraction of sp³-hybridized carbons (Fsp3) is 0.476. The van der Waals surface area contributed by atoms with Gasteiger partial charge in [-0.3, -0.25) is 14.7 Å². The van der Waals surface area contributed by atoms with Crippen LogP contribution in [0.25, 0.3) is 0 Å². The lowest BCUT2D eigenvalue weighted by Gasteiger charge is -2.40. The molecule has 0 saturated carbocycles. The molecule has 2 aromatic rings. The van der Waals surface area contributed by atoms with Crippen LogP contribution >= 0.6 is 0 Å². The van der Waals surface area contributed by atoms with E-state index in [1.807, 2.05) is 4.90 Å². The summed E-state index contributed by atoms with van der Waals surface area (Å²) in [5.74, 6) is 0.414. The molecule has 2 aliphatic rings. The summed E-state index contributed by atoms with van der Waals surface area (Å²) in [7, 11) is 1.59. The number of nitrogens with zero attached hydrogens (tertiary/aromatic N) is 4. The Balaban J connectivity index is 1.43. The van der Waals surface area contributed by atoms with Crippen LogP contribution in [0, 0.1) is 11.2 Å². The largest absolute Gasteiger partial charge is 0.497 e. The van der Waals surface area contributed by atoms with Crippen LogP contribution in [0.5, 0.6) is 5.75 Å². The minimum Gasteiger partial charge on any atom is -0.497 e. The molecule has 0 radical (unpaired) electrons. The fourth-order valence-corrected chi connectivity index (χ4v) is 4.50. The van der Waals surface area contributed by atoms with Crippen molar-refractivity contribution >= 4 is 5.91 Å². The minimum absolute atomic E-state index is 0.0547. The molecule has 28 heavy (non-hydrogen) atoms. The van der Waals surface area contributed by atoms with Gasteiger partial charge in [0, 0.05) is 49.6 Å². The van der Waals surface area contributed by atoms with Crippen molar-refractivity contribution < 1.29 is 13.9 Å². The van der Waals surface area contributed by atoms with E-state index >= 15 is 0 Å². The van der Waals surface area contributed by atoms with Crippen molar-refractivity contribution in [3.8, 4) is 5.75 Å². The fourth-order valence-electron chi connectivity index (χ4n) is 4.50. The third kappa shape index (κ3) is 3.85. The summed E-state index contributed by atoms with van der Waals surface area (Å²) in [6.45, 7) is 3.82. The monoisotopic (exact) mass is 384 g/mol. The SMILES string of the molecule is COc1ccc(F)c(CN2CCC[C@]3(CCN(C(=O)c4cnccn4)C3)C2)c1. The van der Waals surface area contributed by atoms with Crippen LogP contribution in [0.15, 0.2) is 36.8 Å². The Hall–Kier alpha value is -2.54. The summed E-state index contributed by atoms with van der Waals surface area (Å²) in [5, 5.41) is 0. The lowest BCUT2D eigenvalue weighted by atomic mass is 9.79. The second-order valence-electron chi connectivity index (χ2n) is 7.84. The molecule has 2 aliphatic heterocycles. The normalized spacial score (nSPS) is 22.6. The van der Waals surface area contributed by atoms with Gasteiger partial charge in [0.2, 0.25) is 0 Å². The number of ether oxygens (including phenoxy) is 1. The molecule has 0 unspecified atom stereocenters. The first-order chi connectivity index (χ1) is 13.6. The number of piperidine rings is 1. The number of carbonyl (C=O) groups excluding carboxylic acids is 1. The number of carbonyl (C=O) groups is 1. The van der Waals surface area contributed by atoms with E-state index in [0.717, 1.165) is 45.4 Å². The molecule has 1 atom stereocenters. The molecule has 3 heterocycles.